The van der Waals surface area contributed by atoms with Crippen LogP contribution in [0.5, 0.6) is 0 Å². The van der Waals surface area contributed by atoms with Crippen molar-refractivity contribution in [1.82, 2.24) is 20.0 Å². The fraction of sp³-hybridized carbons (Fsp3) is 0.690. The maximum Gasteiger partial charge on any atom is 0.409 e. The first-order valence-electron chi connectivity index (χ1n) is 14.6. The second-order valence-electron chi connectivity index (χ2n) is 11.9. The predicted octanol–water partition coefficient (Wildman–Crippen LogP) is 3.27. The Bertz CT molecular complexity index is 1210. The number of nitrogens with zero attached hydrogens (tertiary/aromatic N) is 4. The molecule has 3 aliphatic heterocycles. The molecule has 10 nitrogen and oxygen atoms in total. The summed E-state index contributed by atoms with van der Waals surface area (Å²) in [7, 11) is 1.93. The van der Waals surface area contributed by atoms with E-state index < -0.39 is 6.23 Å². The lowest BCUT2D eigenvalue weighted by molar-refractivity contribution is -0.134. The number of hydrogen-bond acceptors (Lipinski definition) is 7. The monoisotopic (exact) mass is 539 g/mol. The first-order valence-corrected chi connectivity index (χ1v) is 14.6. The Labute approximate surface area is 229 Å². The molecule has 4 fully saturated rings. The normalized spacial score (nSPS) is 26.1. The van der Waals surface area contributed by atoms with E-state index in [9.17, 15) is 14.7 Å². The highest BCUT2D eigenvalue weighted by Gasteiger charge is 2.47. The van der Waals surface area contributed by atoms with E-state index in [2.05, 4.69) is 28.4 Å². The molecule has 4 aliphatic rings. The molecule has 6 rings (SSSR count). The number of amides is 2. The Hall–Kier alpha value is -2.85. The summed E-state index contributed by atoms with van der Waals surface area (Å²) in [5, 5.41) is 18.1. The standard InChI is InChI=1S/C29H41N5O5/c1-3-38-28(37)34-14-10-29(11-15-34)17-21(18-29)39-20-8-12-33(13-9-20)19-4-5-22-24(16-19)32(2)31-26(22)23-6-7-25(35)30-27(23)36/h4-5,16,20-21,23,25,35H,3,6-15,17-18H2,1-2H3,(H,30,36). The highest BCUT2D eigenvalue weighted by atomic mass is 16.6. The Morgan fingerprint density at radius 2 is 1.85 bits per heavy atom. The van der Waals surface area contributed by atoms with E-state index in [-0.39, 0.29) is 17.9 Å². The number of aliphatic hydroxyl groups is 1. The van der Waals surface area contributed by atoms with Crippen LogP contribution >= 0.6 is 0 Å². The number of aromatic nitrogens is 2. The van der Waals surface area contributed by atoms with Crippen LogP contribution in [0.15, 0.2) is 18.2 Å². The van der Waals surface area contributed by atoms with Gasteiger partial charge in [0, 0.05) is 44.3 Å². The Morgan fingerprint density at radius 3 is 2.54 bits per heavy atom. The van der Waals surface area contributed by atoms with Gasteiger partial charge in [0.25, 0.3) is 0 Å². The smallest absolute Gasteiger partial charge is 0.409 e. The van der Waals surface area contributed by atoms with E-state index in [0.29, 0.717) is 37.1 Å². The maximum atomic E-state index is 12.5. The molecule has 1 aromatic heterocycles. The molecule has 2 aromatic rings. The van der Waals surface area contributed by atoms with Crippen LogP contribution in [0, 0.1) is 5.41 Å². The molecule has 3 saturated heterocycles. The minimum Gasteiger partial charge on any atom is -0.450 e. The number of nitrogens with one attached hydrogen (secondary N) is 1. The third-order valence-electron chi connectivity index (χ3n) is 9.41. The van der Waals surface area contributed by atoms with Crippen molar-refractivity contribution < 1.29 is 24.2 Å². The minimum atomic E-state index is -0.760. The van der Waals surface area contributed by atoms with Crippen molar-refractivity contribution in [2.24, 2.45) is 12.5 Å². The molecular formula is C29H41N5O5. The highest BCUT2D eigenvalue weighted by molar-refractivity contribution is 5.92. The second kappa shape index (κ2) is 10.6. The predicted molar refractivity (Wildman–Crippen MR) is 146 cm³/mol. The molecule has 0 bridgehead atoms. The van der Waals surface area contributed by atoms with Gasteiger partial charge in [0.05, 0.1) is 35.9 Å². The van der Waals surface area contributed by atoms with Crippen LogP contribution in [0.2, 0.25) is 0 Å². The zero-order chi connectivity index (χ0) is 27.1. The Balaban J connectivity index is 1.00. The molecule has 2 atom stereocenters. The summed E-state index contributed by atoms with van der Waals surface area (Å²) in [6, 6.07) is 6.42. The molecule has 1 aromatic carbocycles. The Morgan fingerprint density at radius 1 is 1.10 bits per heavy atom. The average Bonchev–Trinajstić information content (AvgIpc) is 3.24. The van der Waals surface area contributed by atoms with Crippen LogP contribution in [0.3, 0.4) is 0 Å². The lowest BCUT2D eigenvalue weighted by Gasteiger charge is -2.52. The molecule has 2 amide bonds. The van der Waals surface area contributed by atoms with Crippen molar-refractivity contribution in [3.05, 3.63) is 23.9 Å². The zero-order valence-corrected chi connectivity index (χ0v) is 23.1. The topological polar surface area (TPSA) is 109 Å². The third kappa shape index (κ3) is 5.20. The Kier molecular flexibility index (Phi) is 7.18. The van der Waals surface area contributed by atoms with E-state index in [1.807, 2.05) is 23.6 Å². The molecule has 2 N–H and O–H groups in total. The number of rotatable bonds is 5. The molecule has 10 heteroatoms. The van der Waals surface area contributed by atoms with Crippen molar-refractivity contribution in [3.8, 4) is 0 Å². The van der Waals surface area contributed by atoms with Gasteiger partial charge in [0.2, 0.25) is 5.91 Å². The summed E-state index contributed by atoms with van der Waals surface area (Å²) in [6.45, 7) is 5.78. The number of aliphatic hydroxyl groups excluding tert-OH is 1. The first-order chi connectivity index (χ1) is 18.8. The van der Waals surface area contributed by atoms with E-state index in [4.69, 9.17) is 14.6 Å². The molecule has 4 heterocycles. The van der Waals surface area contributed by atoms with Gasteiger partial charge in [-0.1, -0.05) is 0 Å². The summed E-state index contributed by atoms with van der Waals surface area (Å²) in [4.78, 5) is 28.8. The number of carbonyl (C=O) groups excluding carboxylic acids is 2. The molecular weight excluding hydrogens is 498 g/mol. The molecule has 1 aliphatic carbocycles. The lowest BCUT2D eigenvalue weighted by atomic mass is 9.61. The molecule has 1 saturated carbocycles. The lowest BCUT2D eigenvalue weighted by Crippen LogP contribution is -2.52. The van der Waals surface area contributed by atoms with Crippen molar-refractivity contribution in [2.45, 2.75) is 82.6 Å². The fourth-order valence-electron chi connectivity index (χ4n) is 7.09. The minimum absolute atomic E-state index is 0.153. The number of aryl methyl sites for hydroxylation is 1. The first kappa shape index (κ1) is 26.4. The van der Waals surface area contributed by atoms with Gasteiger partial charge in [-0.15, -0.1) is 0 Å². The quantitative estimate of drug-likeness (QED) is 0.600. The molecule has 2 unspecified atom stereocenters. The largest absolute Gasteiger partial charge is 0.450 e. The summed E-state index contributed by atoms with van der Waals surface area (Å²) in [5.41, 5.74) is 3.34. The van der Waals surface area contributed by atoms with E-state index in [0.717, 1.165) is 81.3 Å². The van der Waals surface area contributed by atoms with Gasteiger partial charge in [-0.3, -0.25) is 9.48 Å². The van der Waals surface area contributed by atoms with Gasteiger partial charge in [0.15, 0.2) is 0 Å². The SMILES string of the molecule is CCOC(=O)N1CCC2(CC1)CC(OC1CCN(c3ccc4c(C5CCC(O)NC5=O)nn(C)c4c3)CC1)C2. The van der Waals surface area contributed by atoms with E-state index in [1.54, 1.807) is 0 Å². The number of carbonyl (C=O) groups is 2. The summed E-state index contributed by atoms with van der Waals surface area (Å²) in [6.07, 6.45) is 7.21. The van der Waals surface area contributed by atoms with Crippen molar-refractivity contribution in [3.63, 3.8) is 0 Å². The number of benzene rings is 1. The zero-order valence-electron chi connectivity index (χ0n) is 23.1. The number of piperidine rings is 3. The van der Waals surface area contributed by atoms with E-state index >= 15 is 0 Å². The summed E-state index contributed by atoms with van der Waals surface area (Å²) >= 11 is 0. The van der Waals surface area contributed by atoms with Crippen LogP contribution in [-0.4, -0.2) is 83.0 Å². The fourth-order valence-corrected chi connectivity index (χ4v) is 7.09. The van der Waals surface area contributed by atoms with Gasteiger partial charge in [0.1, 0.15) is 6.23 Å². The van der Waals surface area contributed by atoms with Crippen LogP contribution in [0.25, 0.3) is 10.9 Å². The van der Waals surface area contributed by atoms with Crippen molar-refractivity contribution in [2.75, 3.05) is 37.7 Å². The molecule has 0 radical (unpaired) electrons. The number of likely N-dealkylation sites (tertiary alicyclic amines) is 1. The van der Waals surface area contributed by atoms with E-state index in [1.165, 1.54) is 5.69 Å². The highest BCUT2D eigenvalue weighted by Crippen LogP contribution is 2.51. The van der Waals surface area contributed by atoms with Gasteiger partial charge in [-0.05, 0) is 81.9 Å². The number of anilines is 1. The number of hydrogen-bond donors (Lipinski definition) is 2. The van der Waals surface area contributed by atoms with Gasteiger partial charge < -0.3 is 29.7 Å². The van der Waals surface area contributed by atoms with Crippen LogP contribution in [0.1, 0.15) is 69.9 Å². The number of fused-ring (bicyclic) bond motifs is 1. The van der Waals surface area contributed by atoms with Gasteiger partial charge in [-0.25, -0.2) is 4.79 Å². The van der Waals surface area contributed by atoms with Crippen LogP contribution in [-0.2, 0) is 21.3 Å². The van der Waals surface area contributed by atoms with Crippen LogP contribution in [0.4, 0.5) is 10.5 Å². The van der Waals surface area contributed by atoms with Crippen molar-refractivity contribution >= 4 is 28.6 Å². The summed E-state index contributed by atoms with van der Waals surface area (Å²) in [5.74, 6) is -0.481. The average molecular weight is 540 g/mol. The molecule has 39 heavy (non-hydrogen) atoms. The maximum absolute atomic E-state index is 12.5. The van der Waals surface area contributed by atoms with Gasteiger partial charge >= 0.3 is 6.09 Å². The summed E-state index contributed by atoms with van der Waals surface area (Å²) < 4.78 is 13.6. The van der Waals surface area contributed by atoms with Crippen LogP contribution < -0.4 is 10.2 Å². The second-order valence-corrected chi connectivity index (χ2v) is 11.9. The third-order valence-corrected chi connectivity index (χ3v) is 9.41. The van der Waals surface area contributed by atoms with Crippen molar-refractivity contribution in [1.29, 1.82) is 0 Å². The molecule has 1 spiro atoms. The molecule has 212 valence electrons. The van der Waals surface area contributed by atoms with Gasteiger partial charge in [-0.2, -0.15) is 5.10 Å². The number of ether oxygens (including phenoxy) is 2.